The fraction of sp³-hybridized carbons (Fsp3) is 0.444. The van der Waals surface area contributed by atoms with Gasteiger partial charge in [0.25, 0.3) is 0 Å². The number of carboxylic acid groups (broad SMARTS) is 1. The summed E-state index contributed by atoms with van der Waals surface area (Å²) in [5.41, 5.74) is 1.17. The molecule has 1 aliphatic heterocycles. The van der Waals surface area contributed by atoms with Gasteiger partial charge in [-0.1, -0.05) is 99.3 Å². The predicted octanol–water partition coefficient (Wildman–Crippen LogP) is 10.1. The zero-order valence-electron chi connectivity index (χ0n) is 26.9. The molecule has 6 nitrogen and oxygen atoms in total. The van der Waals surface area contributed by atoms with Crippen LogP contribution in [0.1, 0.15) is 89.4 Å². The van der Waals surface area contributed by atoms with E-state index in [0.717, 1.165) is 0 Å². The number of unbranched alkanes of at least 4 members (excludes halogenated alkanes) is 4. The summed E-state index contributed by atoms with van der Waals surface area (Å²) in [6.45, 7) is 15.0. The van der Waals surface area contributed by atoms with Crippen molar-refractivity contribution >= 4 is 80.7 Å². The second-order valence-electron chi connectivity index (χ2n) is 11.7. The van der Waals surface area contributed by atoms with Gasteiger partial charge < -0.3 is 23.9 Å². The van der Waals surface area contributed by atoms with Crippen molar-refractivity contribution < 1.29 is 23.9 Å². The molecule has 0 atom stereocenters. The van der Waals surface area contributed by atoms with E-state index >= 15 is 0 Å². The van der Waals surface area contributed by atoms with Crippen LogP contribution in [0.25, 0.3) is 33.4 Å². The van der Waals surface area contributed by atoms with Crippen LogP contribution in [0.2, 0.25) is 0 Å². The van der Waals surface area contributed by atoms with Crippen LogP contribution in [0.15, 0.2) is 63.5 Å². The van der Waals surface area contributed by atoms with Gasteiger partial charge in [0.05, 0.1) is 36.6 Å². The standard InChI is InChI=1S/C20H8Br4O5.C16H36N/c21-11-5-9-13(7-3-1-2-4-8(7)20(27)28)10-6-12(22)17(26)15(24)19(10)29-18(9)14(23)16(11)25;1-5-9-13-17(14-10-6-2,15-11-7-3)16-12-8-4/h1-6,25H,(H,27,28);5-16H2,1-4H3/q2*+1/p-2. The molecule has 0 saturated heterocycles. The van der Waals surface area contributed by atoms with E-state index in [0.29, 0.717) is 22.1 Å². The van der Waals surface area contributed by atoms with Crippen molar-refractivity contribution in [1.29, 1.82) is 0 Å². The second kappa shape index (κ2) is 18.2. The highest BCUT2D eigenvalue weighted by Gasteiger charge is 2.29. The van der Waals surface area contributed by atoms with Crippen LogP contribution in [0.5, 0.6) is 5.75 Å². The Morgan fingerprint density at radius 3 is 1.80 bits per heavy atom. The molecular formula is C36H42Br4NO5. The zero-order valence-corrected chi connectivity index (χ0v) is 33.3. The Labute approximate surface area is 306 Å². The quantitative estimate of drug-likeness (QED) is 0.0714. The predicted molar refractivity (Wildman–Crippen MR) is 198 cm³/mol. The molecule has 1 heterocycles. The third-order valence-corrected chi connectivity index (χ3v) is 11.0. The van der Waals surface area contributed by atoms with E-state index in [4.69, 9.17) is 4.42 Å². The lowest BCUT2D eigenvalue weighted by Crippen LogP contribution is -2.50. The van der Waals surface area contributed by atoms with Crippen LogP contribution in [0, 0.1) is 0 Å². The Morgan fingerprint density at radius 2 is 1.30 bits per heavy atom. The molecule has 10 heteroatoms. The first-order chi connectivity index (χ1) is 22.0. The van der Waals surface area contributed by atoms with E-state index in [-0.39, 0.29) is 46.0 Å². The van der Waals surface area contributed by atoms with Gasteiger partial charge in [-0.3, -0.25) is 0 Å². The molecule has 46 heavy (non-hydrogen) atoms. The first-order valence-electron chi connectivity index (χ1n) is 16.1. The maximum atomic E-state index is 12.4. The molecule has 0 amide bonds. The van der Waals surface area contributed by atoms with Crippen LogP contribution in [-0.2, 0) is 0 Å². The van der Waals surface area contributed by atoms with Gasteiger partial charge in [-0.2, -0.15) is 0 Å². The number of halogens is 4. The molecule has 4 rings (SSSR count). The normalized spacial score (nSPS) is 11.6. The van der Waals surface area contributed by atoms with Crippen molar-refractivity contribution in [1.82, 2.24) is 0 Å². The smallest absolute Gasteiger partial charge is 0.522 e. The number of quaternary nitrogens is 1. The van der Waals surface area contributed by atoms with Crippen LogP contribution in [0.3, 0.4) is 0 Å². The van der Waals surface area contributed by atoms with Gasteiger partial charge in [-0.15, -0.1) is 0 Å². The van der Waals surface area contributed by atoms with Crippen molar-refractivity contribution in [3.63, 3.8) is 0 Å². The van der Waals surface area contributed by atoms with Crippen molar-refractivity contribution in [2.45, 2.75) is 79.1 Å². The molecule has 249 valence electrons. The van der Waals surface area contributed by atoms with Crippen LogP contribution in [0.4, 0.5) is 0 Å². The number of carbonyl (C=O) groups excluding carboxylic acids is 1. The van der Waals surface area contributed by atoms with E-state index in [9.17, 15) is 19.8 Å². The summed E-state index contributed by atoms with van der Waals surface area (Å²) in [4.78, 5) is 24.2. The summed E-state index contributed by atoms with van der Waals surface area (Å²) in [5.74, 6) is -1.49. The van der Waals surface area contributed by atoms with Crippen molar-refractivity contribution in [2.24, 2.45) is 0 Å². The number of benzene rings is 3. The molecule has 2 aromatic carbocycles. The highest BCUT2D eigenvalue weighted by atomic mass is 79.9. The number of carbonyl (C=O) groups is 1. The summed E-state index contributed by atoms with van der Waals surface area (Å²) >= 11 is 13.0. The monoisotopic (exact) mass is 884 g/mol. The molecule has 1 radical (unpaired) electrons. The van der Waals surface area contributed by atoms with E-state index in [1.54, 1.807) is 30.3 Å². The summed E-state index contributed by atoms with van der Waals surface area (Å²) in [7, 11) is 0. The van der Waals surface area contributed by atoms with Gasteiger partial charge in [0.15, 0.2) is 10.2 Å². The maximum absolute atomic E-state index is 12.4. The second-order valence-corrected chi connectivity index (χ2v) is 15.0. The Bertz CT molecular complexity index is 1630. The lowest BCUT2D eigenvalue weighted by molar-refractivity contribution is -0.929. The number of nitrogens with zero attached hydrogens (tertiary/aromatic N) is 1. The minimum Gasteiger partial charge on any atom is -0.871 e. The van der Waals surface area contributed by atoms with Gasteiger partial charge in [-0.05, 0) is 91.2 Å². The highest BCUT2D eigenvalue weighted by Crippen LogP contribution is 2.48. The molecule has 0 saturated carbocycles. The number of fused-ring (bicyclic) bond motifs is 2. The molecule has 0 fully saturated rings. The van der Waals surface area contributed by atoms with E-state index in [1.807, 2.05) is 0 Å². The van der Waals surface area contributed by atoms with Crippen LogP contribution in [-0.4, -0.2) is 36.6 Å². The van der Waals surface area contributed by atoms with Crippen LogP contribution >= 0.6 is 63.7 Å². The Hall–Kier alpha value is -1.72. The van der Waals surface area contributed by atoms with Gasteiger partial charge in [-0.25, -0.2) is 0 Å². The van der Waals surface area contributed by atoms with Gasteiger partial charge >= 0.3 is 5.43 Å². The number of hydrogen-bond acceptors (Lipinski definition) is 5. The topological polar surface area (TPSA) is 96.2 Å². The minimum absolute atomic E-state index is 0.0295. The van der Waals surface area contributed by atoms with E-state index < -0.39 is 5.97 Å². The third-order valence-electron chi connectivity index (χ3n) is 8.37. The lowest BCUT2D eigenvalue weighted by Gasteiger charge is -2.39. The summed E-state index contributed by atoms with van der Waals surface area (Å²) < 4.78 is 8.22. The van der Waals surface area contributed by atoms with Gasteiger partial charge in [0.1, 0.15) is 10.1 Å². The first kappa shape index (κ1) is 38.7. The van der Waals surface area contributed by atoms with Crippen molar-refractivity contribution in [3.8, 4) is 28.2 Å². The average Bonchev–Trinajstić information content (AvgIpc) is 3.05. The zero-order chi connectivity index (χ0) is 34.0. The Kier molecular flexibility index (Phi) is 15.3. The number of hydrogen-bond donors (Lipinski definition) is 0. The third kappa shape index (κ3) is 9.04. The Balaban J connectivity index is 0.000000292. The number of aromatic carboxylic acids is 1. The van der Waals surface area contributed by atoms with E-state index in [1.165, 1.54) is 88.1 Å². The van der Waals surface area contributed by atoms with Gasteiger partial charge in [0.2, 0.25) is 4.79 Å². The molecule has 0 spiro atoms. The molecule has 0 unspecified atom stereocenters. The molecule has 0 bridgehead atoms. The maximum Gasteiger partial charge on any atom is 0.522 e. The SMILES string of the molecule is CCCC[N+](CCCC)(CCCC)CCCC.O=C([O-])c1ccccc1-c1c2cc(Br)c(=[O+])c(Br)c-2oc2c(Br)c([O-])c(Br)cc12. The van der Waals surface area contributed by atoms with Crippen molar-refractivity contribution in [2.75, 3.05) is 26.2 Å². The number of carboxylic acids is 1. The minimum atomic E-state index is -1.35. The molecule has 2 aromatic rings. The summed E-state index contributed by atoms with van der Waals surface area (Å²) in [6, 6.07) is 9.50. The molecule has 1 aliphatic carbocycles. The molecule has 0 N–H and O–H groups in total. The Morgan fingerprint density at radius 1 is 0.783 bits per heavy atom. The molecular weight excluding hydrogens is 846 g/mol. The average molecular weight is 888 g/mol. The molecule has 2 aliphatic rings. The number of rotatable bonds is 14. The first-order valence-corrected chi connectivity index (χ1v) is 19.2. The molecule has 0 aromatic heterocycles. The fourth-order valence-corrected chi connectivity index (χ4v) is 8.20. The van der Waals surface area contributed by atoms with Crippen molar-refractivity contribution in [3.05, 3.63) is 70.1 Å². The summed E-state index contributed by atoms with van der Waals surface area (Å²) in [5, 5.41) is 24.7. The fourth-order valence-electron chi connectivity index (χ4n) is 5.80. The lowest BCUT2D eigenvalue weighted by atomic mass is 9.91. The van der Waals surface area contributed by atoms with E-state index in [2.05, 4.69) is 91.4 Å². The van der Waals surface area contributed by atoms with Crippen LogP contribution < -0.4 is 15.6 Å². The largest absolute Gasteiger partial charge is 0.871 e. The van der Waals surface area contributed by atoms with Gasteiger partial charge in [0, 0.05) is 26.5 Å². The summed E-state index contributed by atoms with van der Waals surface area (Å²) in [6.07, 6.45) is 11.1. The highest BCUT2D eigenvalue weighted by molar-refractivity contribution is 9.11.